The summed E-state index contributed by atoms with van der Waals surface area (Å²) >= 11 is 0. The van der Waals surface area contributed by atoms with Gasteiger partial charge in [-0.3, -0.25) is 0 Å². The van der Waals surface area contributed by atoms with Gasteiger partial charge in [0.15, 0.2) is 0 Å². The zero-order chi connectivity index (χ0) is 11.3. The van der Waals surface area contributed by atoms with Crippen LogP contribution in [0.5, 0.6) is 0 Å². The molecule has 1 fully saturated rings. The first-order valence-corrected chi connectivity index (χ1v) is 5.81. The Kier molecular flexibility index (Phi) is 4.61. The minimum Gasteiger partial charge on any atom is -0.0996 e. The van der Waals surface area contributed by atoms with Crippen LogP contribution in [-0.4, -0.2) is 0 Å². The van der Waals surface area contributed by atoms with Crippen molar-refractivity contribution in [3.8, 4) is 0 Å². The molecular formula is C15H22. The summed E-state index contributed by atoms with van der Waals surface area (Å²) in [4.78, 5) is 0. The highest BCUT2D eigenvalue weighted by Crippen LogP contribution is 2.35. The second-order valence-electron chi connectivity index (χ2n) is 4.49. The van der Waals surface area contributed by atoms with Gasteiger partial charge in [0, 0.05) is 0 Å². The Hall–Kier alpha value is -1.04. The molecule has 0 aliphatic heterocycles. The summed E-state index contributed by atoms with van der Waals surface area (Å²) in [6.07, 6.45) is 10.9. The summed E-state index contributed by atoms with van der Waals surface area (Å²) in [5, 5.41) is 0. The molecule has 15 heavy (non-hydrogen) atoms. The highest BCUT2D eigenvalue weighted by Gasteiger charge is 2.21. The van der Waals surface area contributed by atoms with Crippen molar-refractivity contribution < 1.29 is 0 Å². The Balaban J connectivity index is 2.57. The second kappa shape index (κ2) is 5.75. The molecule has 0 heterocycles. The first-order valence-electron chi connectivity index (χ1n) is 5.81. The van der Waals surface area contributed by atoms with E-state index in [1.165, 1.54) is 36.8 Å². The maximum absolute atomic E-state index is 4.15. The van der Waals surface area contributed by atoms with E-state index in [9.17, 15) is 0 Å². The lowest BCUT2D eigenvalue weighted by molar-refractivity contribution is 0.487. The standard InChI is InChI=1S/C15H22/c1-5-8-14(6-2)13(4)11-15-10-7-9-12(15)3/h5-6,8,13,15H,1-3,7,9-11H2,4H3/b14-8+/t13-,15?/m1/s1. The van der Waals surface area contributed by atoms with Crippen LogP contribution in [0.2, 0.25) is 0 Å². The van der Waals surface area contributed by atoms with Gasteiger partial charge in [-0.15, -0.1) is 0 Å². The van der Waals surface area contributed by atoms with Crippen LogP contribution in [-0.2, 0) is 0 Å². The largest absolute Gasteiger partial charge is 0.0996 e. The lowest BCUT2D eigenvalue weighted by Crippen LogP contribution is -2.05. The molecule has 0 amide bonds. The molecule has 1 rings (SSSR count). The molecule has 2 atom stereocenters. The monoisotopic (exact) mass is 202 g/mol. The molecule has 0 radical (unpaired) electrons. The normalized spacial score (nSPS) is 23.9. The Morgan fingerprint density at radius 2 is 2.27 bits per heavy atom. The minimum absolute atomic E-state index is 0.570. The highest BCUT2D eigenvalue weighted by molar-refractivity contribution is 5.24. The van der Waals surface area contributed by atoms with Crippen LogP contribution in [0.3, 0.4) is 0 Å². The molecule has 82 valence electrons. The van der Waals surface area contributed by atoms with Crippen molar-refractivity contribution >= 4 is 0 Å². The number of hydrogen-bond donors (Lipinski definition) is 0. The van der Waals surface area contributed by atoms with Gasteiger partial charge in [0.05, 0.1) is 0 Å². The van der Waals surface area contributed by atoms with Gasteiger partial charge in [0.25, 0.3) is 0 Å². The van der Waals surface area contributed by atoms with E-state index in [0.717, 1.165) is 5.92 Å². The summed E-state index contributed by atoms with van der Waals surface area (Å²) in [5.74, 6) is 1.30. The van der Waals surface area contributed by atoms with Gasteiger partial charge in [-0.25, -0.2) is 0 Å². The lowest BCUT2D eigenvalue weighted by atomic mass is 9.87. The maximum Gasteiger partial charge on any atom is -0.0185 e. The van der Waals surface area contributed by atoms with Gasteiger partial charge in [0.2, 0.25) is 0 Å². The molecule has 1 unspecified atom stereocenters. The van der Waals surface area contributed by atoms with Crippen LogP contribution in [0.1, 0.15) is 32.6 Å². The summed E-state index contributed by atoms with van der Waals surface area (Å²) in [5.41, 5.74) is 2.74. The van der Waals surface area contributed by atoms with E-state index < -0.39 is 0 Å². The van der Waals surface area contributed by atoms with E-state index in [4.69, 9.17) is 0 Å². The summed E-state index contributed by atoms with van der Waals surface area (Å²) in [7, 11) is 0. The fraction of sp³-hybridized carbons (Fsp3) is 0.467. The number of allylic oxidation sites excluding steroid dienone is 5. The molecule has 1 saturated carbocycles. The molecule has 1 aliphatic carbocycles. The van der Waals surface area contributed by atoms with Crippen molar-refractivity contribution in [2.45, 2.75) is 32.6 Å². The topological polar surface area (TPSA) is 0 Å². The van der Waals surface area contributed by atoms with Crippen LogP contribution in [0.4, 0.5) is 0 Å². The summed E-state index contributed by atoms with van der Waals surface area (Å²) in [6.45, 7) is 14.0. The SMILES string of the molecule is C=C/C=C(\C=C)[C@H](C)CC1CCCC1=C. The van der Waals surface area contributed by atoms with E-state index in [0.29, 0.717) is 5.92 Å². The fourth-order valence-electron chi connectivity index (χ4n) is 2.40. The zero-order valence-corrected chi connectivity index (χ0v) is 9.84. The van der Waals surface area contributed by atoms with Gasteiger partial charge in [-0.2, -0.15) is 0 Å². The van der Waals surface area contributed by atoms with Crippen molar-refractivity contribution in [3.63, 3.8) is 0 Å². The average Bonchev–Trinajstić information content (AvgIpc) is 2.60. The van der Waals surface area contributed by atoms with Crippen molar-refractivity contribution in [3.05, 3.63) is 49.1 Å². The van der Waals surface area contributed by atoms with Crippen molar-refractivity contribution in [2.24, 2.45) is 11.8 Å². The van der Waals surface area contributed by atoms with E-state index in [2.05, 4.69) is 32.7 Å². The Bertz CT molecular complexity index is 280. The first kappa shape index (κ1) is 12.0. The van der Waals surface area contributed by atoms with Crippen LogP contribution in [0.25, 0.3) is 0 Å². The number of hydrogen-bond acceptors (Lipinski definition) is 0. The third kappa shape index (κ3) is 3.23. The van der Waals surface area contributed by atoms with Crippen molar-refractivity contribution in [2.75, 3.05) is 0 Å². The van der Waals surface area contributed by atoms with Crippen molar-refractivity contribution in [1.29, 1.82) is 0 Å². The Labute approximate surface area is 94.1 Å². The molecule has 0 heteroatoms. The fourth-order valence-corrected chi connectivity index (χ4v) is 2.40. The quantitative estimate of drug-likeness (QED) is 0.449. The molecule has 0 aromatic heterocycles. The molecular weight excluding hydrogens is 180 g/mol. The lowest BCUT2D eigenvalue weighted by Gasteiger charge is -2.18. The van der Waals surface area contributed by atoms with Gasteiger partial charge in [-0.1, -0.05) is 50.5 Å². The predicted octanol–water partition coefficient (Wildman–Crippen LogP) is 4.67. The summed E-state index contributed by atoms with van der Waals surface area (Å²) < 4.78 is 0. The average molecular weight is 202 g/mol. The maximum atomic E-state index is 4.15. The predicted molar refractivity (Wildman–Crippen MR) is 68.7 cm³/mol. The van der Waals surface area contributed by atoms with Gasteiger partial charge >= 0.3 is 0 Å². The smallest absolute Gasteiger partial charge is 0.0185 e. The Morgan fingerprint density at radius 3 is 2.73 bits per heavy atom. The van der Waals surface area contributed by atoms with Gasteiger partial charge in [0.1, 0.15) is 0 Å². The molecule has 0 nitrogen and oxygen atoms in total. The molecule has 1 aliphatic rings. The van der Waals surface area contributed by atoms with Gasteiger partial charge < -0.3 is 0 Å². The molecule has 0 saturated heterocycles. The molecule has 0 aromatic carbocycles. The Morgan fingerprint density at radius 1 is 1.53 bits per heavy atom. The molecule has 0 N–H and O–H groups in total. The highest BCUT2D eigenvalue weighted by atomic mass is 14.3. The van der Waals surface area contributed by atoms with Crippen molar-refractivity contribution in [1.82, 2.24) is 0 Å². The molecule has 0 bridgehead atoms. The van der Waals surface area contributed by atoms with Gasteiger partial charge in [-0.05, 0) is 43.1 Å². The van der Waals surface area contributed by atoms with Crippen LogP contribution in [0.15, 0.2) is 49.1 Å². The minimum atomic E-state index is 0.570. The van der Waals surface area contributed by atoms with Crippen LogP contribution < -0.4 is 0 Å². The third-order valence-electron chi connectivity index (χ3n) is 3.38. The third-order valence-corrected chi connectivity index (χ3v) is 3.38. The second-order valence-corrected chi connectivity index (χ2v) is 4.49. The van der Waals surface area contributed by atoms with E-state index in [1.807, 2.05) is 12.2 Å². The first-order chi connectivity index (χ1) is 7.19. The van der Waals surface area contributed by atoms with Crippen LogP contribution in [0, 0.1) is 11.8 Å². The number of rotatable bonds is 5. The molecule has 0 aromatic rings. The van der Waals surface area contributed by atoms with E-state index in [-0.39, 0.29) is 0 Å². The van der Waals surface area contributed by atoms with Crippen LogP contribution >= 0.6 is 0 Å². The summed E-state index contributed by atoms with van der Waals surface area (Å²) in [6, 6.07) is 0. The molecule has 0 spiro atoms. The van der Waals surface area contributed by atoms with E-state index >= 15 is 0 Å². The van der Waals surface area contributed by atoms with E-state index in [1.54, 1.807) is 0 Å². The zero-order valence-electron chi connectivity index (χ0n) is 9.84.